The van der Waals surface area contributed by atoms with Crippen molar-refractivity contribution in [3.8, 4) is 0 Å². The summed E-state index contributed by atoms with van der Waals surface area (Å²) in [5, 5.41) is 3.38. The standard InChI is InChI=1S/C13H26N2O/c1-3-5-10-15(4-2)13(16)11-14-12-8-6-7-9-12/h12,14H,3-11H2,1-2H3. The van der Waals surface area contributed by atoms with Gasteiger partial charge in [0.05, 0.1) is 6.54 Å². The van der Waals surface area contributed by atoms with Crippen molar-refractivity contribution in [3.05, 3.63) is 0 Å². The van der Waals surface area contributed by atoms with Crippen molar-refractivity contribution in [2.45, 2.75) is 58.4 Å². The van der Waals surface area contributed by atoms with Crippen molar-refractivity contribution in [2.24, 2.45) is 0 Å². The first-order valence-corrected chi connectivity index (χ1v) is 6.79. The van der Waals surface area contributed by atoms with Crippen LogP contribution >= 0.6 is 0 Å². The second kappa shape index (κ2) is 7.66. The van der Waals surface area contributed by atoms with Crippen molar-refractivity contribution in [2.75, 3.05) is 19.6 Å². The number of hydrogen-bond donors (Lipinski definition) is 1. The van der Waals surface area contributed by atoms with Crippen LogP contribution in [0.25, 0.3) is 0 Å². The fraction of sp³-hybridized carbons (Fsp3) is 0.923. The van der Waals surface area contributed by atoms with Gasteiger partial charge in [0.1, 0.15) is 0 Å². The Morgan fingerprint density at radius 3 is 2.56 bits per heavy atom. The van der Waals surface area contributed by atoms with Gasteiger partial charge in [-0.15, -0.1) is 0 Å². The summed E-state index contributed by atoms with van der Waals surface area (Å²) in [6, 6.07) is 0.592. The molecule has 16 heavy (non-hydrogen) atoms. The van der Waals surface area contributed by atoms with Crippen LogP contribution in [0.1, 0.15) is 52.4 Å². The third-order valence-corrected chi connectivity index (χ3v) is 3.41. The van der Waals surface area contributed by atoms with E-state index in [1.165, 1.54) is 25.7 Å². The topological polar surface area (TPSA) is 32.3 Å². The molecule has 0 aromatic rings. The number of hydrogen-bond acceptors (Lipinski definition) is 2. The molecule has 1 N–H and O–H groups in total. The molecule has 1 saturated carbocycles. The molecule has 0 saturated heterocycles. The average molecular weight is 226 g/mol. The fourth-order valence-corrected chi connectivity index (χ4v) is 2.28. The minimum Gasteiger partial charge on any atom is -0.342 e. The van der Waals surface area contributed by atoms with E-state index in [0.717, 1.165) is 25.9 Å². The summed E-state index contributed by atoms with van der Waals surface area (Å²) in [5.74, 6) is 0.267. The number of carbonyl (C=O) groups is 1. The molecule has 3 heteroatoms. The summed E-state index contributed by atoms with van der Waals surface area (Å²) in [5.41, 5.74) is 0. The van der Waals surface area contributed by atoms with Gasteiger partial charge in [0.2, 0.25) is 5.91 Å². The molecule has 0 aromatic carbocycles. The van der Waals surface area contributed by atoms with Gasteiger partial charge in [0.25, 0.3) is 0 Å². The molecule has 0 unspecified atom stereocenters. The van der Waals surface area contributed by atoms with Crippen LogP contribution in [0.3, 0.4) is 0 Å². The van der Waals surface area contributed by atoms with E-state index >= 15 is 0 Å². The Kier molecular flexibility index (Phi) is 6.46. The normalized spacial score (nSPS) is 16.6. The van der Waals surface area contributed by atoms with E-state index in [1.54, 1.807) is 0 Å². The summed E-state index contributed by atoms with van der Waals surface area (Å²) in [6.07, 6.45) is 7.39. The number of nitrogens with one attached hydrogen (secondary N) is 1. The van der Waals surface area contributed by atoms with Crippen LogP contribution in [0.2, 0.25) is 0 Å². The van der Waals surface area contributed by atoms with Gasteiger partial charge in [-0.2, -0.15) is 0 Å². The average Bonchev–Trinajstić information content (AvgIpc) is 2.80. The van der Waals surface area contributed by atoms with Crippen LogP contribution in [0, 0.1) is 0 Å². The number of rotatable bonds is 7. The highest BCUT2D eigenvalue weighted by atomic mass is 16.2. The largest absolute Gasteiger partial charge is 0.342 e. The van der Waals surface area contributed by atoms with E-state index in [-0.39, 0.29) is 5.91 Å². The summed E-state index contributed by atoms with van der Waals surface area (Å²) in [6.45, 7) is 6.50. The van der Waals surface area contributed by atoms with Gasteiger partial charge in [-0.1, -0.05) is 26.2 Å². The van der Waals surface area contributed by atoms with Crippen LogP contribution in [-0.4, -0.2) is 36.5 Å². The summed E-state index contributed by atoms with van der Waals surface area (Å²) in [7, 11) is 0. The van der Waals surface area contributed by atoms with Gasteiger partial charge in [0, 0.05) is 19.1 Å². The third kappa shape index (κ3) is 4.52. The van der Waals surface area contributed by atoms with Crippen LogP contribution in [0.5, 0.6) is 0 Å². The van der Waals surface area contributed by atoms with Gasteiger partial charge < -0.3 is 10.2 Å². The highest BCUT2D eigenvalue weighted by molar-refractivity contribution is 5.78. The lowest BCUT2D eigenvalue weighted by Crippen LogP contribution is -2.41. The zero-order valence-corrected chi connectivity index (χ0v) is 10.8. The molecule has 0 aliphatic heterocycles. The lowest BCUT2D eigenvalue weighted by Gasteiger charge is -2.22. The van der Waals surface area contributed by atoms with Gasteiger partial charge in [-0.3, -0.25) is 4.79 Å². The van der Waals surface area contributed by atoms with Crippen molar-refractivity contribution in [3.63, 3.8) is 0 Å². The molecular weight excluding hydrogens is 200 g/mol. The van der Waals surface area contributed by atoms with Gasteiger partial charge in [0.15, 0.2) is 0 Å². The second-order valence-corrected chi connectivity index (χ2v) is 4.69. The zero-order chi connectivity index (χ0) is 11.8. The first-order chi connectivity index (χ1) is 7.77. The maximum atomic E-state index is 11.9. The molecule has 0 aromatic heterocycles. The molecule has 1 aliphatic rings. The molecule has 94 valence electrons. The Labute approximate surface area is 99.6 Å². The number of amides is 1. The molecule has 1 rings (SSSR count). The molecule has 0 bridgehead atoms. The smallest absolute Gasteiger partial charge is 0.236 e. The first-order valence-electron chi connectivity index (χ1n) is 6.79. The van der Waals surface area contributed by atoms with Gasteiger partial charge in [-0.25, -0.2) is 0 Å². The number of likely N-dealkylation sites (N-methyl/N-ethyl adjacent to an activating group) is 1. The Balaban J connectivity index is 2.19. The van der Waals surface area contributed by atoms with Crippen LogP contribution < -0.4 is 5.32 Å². The molecule has 3 nitrogen and oxygen atoms in total. The highest BCUT2D eigenvalue weighted by Gasteiger charge is 2.17. The van der Waals surface area contributed by atoms with Crippen molar-refractivity contribution < 1.29 is 4.79 Å². The summed E-state index contributed by atoms with van der Waals surface area (Å²) in [4.78, 5) is 13.9. The minimum atomic E-state index is 0.267. The lowest BCUT2D eigenvalue weighted by molar-refractivity contribution is -0.130. The predicted molar refractivity (Wildman–Crippen MR) is 67.4 cm³/mol. The second-order valence-electron chi connectivity index (χ2n) is 4.69. The predicted octanol–water partition coefficient (Wildman–Crippen LogP) is 2.17. The van der Waals surface area contributed by atoms with E-state index in [9.17, 15) is 4.79 Å². The number of nitrogens with zero attached hydrogens (tertiary/aromatic N) is 1. The zero-order valence-electron chi connectivity index (χ0n) is 10.8. The third-order valence-electron chi connectivity index (χ3n) is 3.41. The molecular formula is C13H26N2O. The SMILES string of the molecule is CCCCN(CC)C(=O)CNC1CCCC1. The highest BCUT2D eigenvalue weighted by Crippen LogP contribution is 2.17. The maximum Gasteiger partial charge on any atom is 0.236 e. The minimum absolute atomic E-state index is 0.267. The molecule has 1 fully saturated rings. The summed E-state index contributed by atoms with van der Waals surface area (Å²) >= 11 is 0. The summed E-state index contributed by atoms with van der Waals surface area (Å²) < 4.78 is 0. The maximum absolute atomic E-state index is 11.9. The van der Waals surface area contributed by atoms with Gasteiger partial charge >= 0.3 is 0 Å². The van der Waals surface area contributed by atoms with E-state index in [4.69, 9.17) is 0 Å². The molecule has 0 spiro atoms. The molecule has 0 radical (unpaired) electrons. The Morgan fingerprint density at radius 1 is 1.31 bits per heavy atom. The Bertz CT molecular complexity index is 200. The van der Waals surface area contributed by atoms with E-state index in [1.807, 2.05) is 4.90 Å². The molecule has 1 aliphatic carbocycles. The molecule has 0 heterocycles. The number of carbonyl (C=O) groups excluding carboxylic acids is 1. The lowest BCUT2D eigenvalue weighted by atomic mass is 10.2. The number of unbranched alkanes of at least 4 members (excludes halogenated alkanes) is 1. The van der Waals surface area contributed by atoms with E-state index in [0.29, 0.717) is 12.6 Å². The monoisotopic (exact) mass is 226 g/mol. The van der Waals surface area contributed by atoms with Crippen molar-refractivity contribution in [1.82, 2.24) is 10.2 Å². The fourth-order valence-electron chi connectivity index (χ4n) is 2.28. The van der Waals surface area contributed by atoms with Crippen LogP contribution in [0.15, 0.2) is 0 Å². The molecule has 1 amide bonds. The molecule has 0 atom stereocenters. The van der Waals surface area contributed by atoms with E-state index < -0.39 is 0 Å². The first kappa shape index (κ1) is 13.5. The van der Waals surface area contributed by atoms with E-state index in [2.05, 4.69) is 19.2 Å². The van der Waals surface area contributed by atoms with Crippen molar-refractivity contribution in [1.29, 1.82) is 0 Å². The van der Waals surface area contributed by atoms with Gasteiger partial charge in [-0.05, 0) is 26.2 Å². The van der Waals surface area contributed by atoms with Crippen LogP contribution in [0.4, 0.5) is 0 Å². The van der Waals surface area contributed by atoms with Crippen molar-refractivity contribution >= 4 is 5.91 Å². The Hall–Kier alpha value is -0.570. The Morgan fingerprint density at radius 2 is 2.00 bits per heavy atom. The van der Waals surface area contributed by atoms with Crippen LogP contribution in [-0.2, 0) is 4.79 Å². The quantitative estimate of drug-likeness (QED) is 0.721.